The number of hydrogen-bond donors (Lipinski definition) is 2. The molecule has 1 atom stereocenters. The first kappa shape index (κ1) is 18.3. The molecule has 1 aliphatic rings. The van der Waals surface area contributed by atoms with Gasteiger partial charge in [-0.05, 0) is 31.7 Å². The van der Waals surface area contributed by atoms with Gasteiger partial charge in [-0.2, -0.15) is 0 Å². The number of pyridine rings is 1. The molecule has 0 aliphatic carbocycles. The van der Waals surface area contributed by atoms with E-state index in [1.807, 2.05) is 13.8 Å². The third kappa shape index (κ3) is 3.16. The van der Waals surface area contributed by atoms with Gasteiger partial charge >= 0.3 is 5.69 Å². The number of hydrogen-bond acceptors (Lipinski definition) is 5. The van der Waals surface area contributed by atoms with Gasteiger partial charge in [0.25, 0.3) is 11.5 Å². The Bertz CT molecular complexity index is 960. The Hall–Kier alpha value is -2.48. The van der Waals surface area contributed by atoms with Gasteiger partial charge in [-0.3, -0.25) is 19.1 Å². The minimum atomic E-state index is -0.581. The number of nitrogens with two attached hydrogens (primary N) is 1. The number of nitrogens with zero attached hydrogens (tertiary/aromatic N) is 3. The van der Waals surface area contributed by atoms with Gasteiger partial charge in [0.1, 0.15) is 0 Å². The topological polar surface area (TPSA) is 114 Å². The maximum Gasteiger partial charge on any atom is 0.329 e. The molecule has 0 saturated carbocycles. The van der Waals surface area contributed by atoms with Gasteiger partial charge in [0.15, 0.2) is 5.65 Å². The molecule has 3 heterocycles. The number of H-pyrrole nitrogens is 1. The number of nitrogens with one attached hydrogen (secondary N) is 1. The Morgan fingerprint density at radius 1 is 1.42 bits per heavy atom. The van der Waals surface area contributed by atoms with Crippen LogP contribution in [0, 0.1) is 0 Å². The summed E-state index contributed by atoms with van der Waals surface area (Å²) in [4.78, 5) is 46.3. The molecule has 0 bridgehead atoms. The first-order valence-corrected chi connectivity index (χ1v) is 9.06. The first-order chi connectivity index (χ1) is 12.3. The minimum absolute atomic E-state index is 0.0502. The second-order valence-corrected chi connectivity index (χ2v) is 7.11. The molecule has 0 radical (unpaired) electrons. The van der Waals surface area contributed by atoms with E-state index in [4.69, 9.17) is 5.73 Å². The van der Waals surface area contributed by atoms with E-state index in [1.54, 1.807) is 17.9 Å². The number of fused-ring (bicyclic) bond motifs is 1. The number of carbonyl (C=O) groups is 1. The Balaban J connectivity index is 2.28. The highest BCUT2D eigenvalue weighted by Crippen LogP contribution is 2.22. The van der Waals surface area contributed by atoms with Crippen molar-refractivity contribution in [1.82, 2.24) is 19.4 Å². The van der Waals surface area contributed by atoms with Crippen LogP contribution in [0.1, 0.15) is 55.6 Å². The Morgan fingerprint density at radius 2 is 2.15 bits per heavy atom. The van der Waals surface area contributed by atoms with E-state index >= 15 is 0 Å². The van der Waals surface area contributed by atoms with E-state index in [9.17, 15) is 14.4 Å². The van der Waals surface area contributed by atoms with E-state index in [2.05, 4.69) is 9.97 Å². The molecule has 1 saturated heterocycles. The quantitative estimate of drug-likeness (QED) is 0.841. The van der Waals surface area contributed by atoms with Crippen LogP contribution >= 0.6 is 0 Å². The molecule has 2 aromatic rings. The standard InChI is InChI=1S/C18H25N5O3/c1-4-23-15-14(16(24)21-18(23)26)12(8-13(20-15)10(2)3)17(25)22-7-5-6-11(19)9-22/h8,10-11H,4-7,9,19H2,1-3H3,(H,21,24,26). The third-order valence-electron chi connectivity index (χ3n) is 4.85. The number of rotatable bonds is 3. The number of carbonyl (C=O) groups excluding carboxylic acids is 1. The molecular weight excluding hydrogens is 334 g/mol. The third-order valence-corrected chi connectivity index (χ3v) is 4.85. The fourth-order valence-electron chi connectivity index (χ4n) is 3.42. The molecule has 140 valence electrons. The van der Waals surface area contributed by atoms with Crippen molar-refractivity contribution in [2.45, 2.75) is 52.1 Å². The highest BCUT2D eigenvalue weighted by molar-refractivity contribution is 6.05. The number of amides is 1. The number of aromatic amines is 1. The van der Waals surface area contributed by atoms with Crippen molar-refractivity contribution in [3.8, 4) is 0 Å². The van der Waals surface area contributed by atoms with Gasteiger partial charge in [0.2, 0.25) is 0 Å². The zero-order chi connectivity index (χ0) is 19.0. The average Bonchev–Trinajstić information content (AvgIpc) is 2.60. The summed E-state index contributed by atoms with van der Waals surface area (Å²) < 4.78 is 1.39. The zero-order valence-electron chi connectivity index (χ0n) is 15.4. The lowest BCUT2D eigenvalue weighted by Crippen LogP contribution is -2.46. The van der Waals surface area contributed by atoms with Crippen LogP contribution in [0.2, 0.25) is 0 Å². The molecule has 1 aliphatic heterocycles. The summed E-state index contributed by atoms with van der Waals surface area (Å²) >= 11 is 0. The summed E-state index contributed by atoms with van der Waals surface area (Å²) in [5.41, 5.74) is 6.13. The summed E-state index contributed by atoms with van der Waals surface area (Å²) in [6.45, 7) is 7.14. The van der Waals surface area contributed by atoms with E-state index in [-0.39, 0.29) is 34.5 Å². The summed E-state index contributed by atoms with van der Waals surface area (Å²) in [7, 11) is 0. The smallest absolute Gasteiger partial charge is 0.329 e. The van der Waals surface area contributed by atoms with Crippen LogP contribution < -0.4 is 17.0 Å². The first-order valence-electron chi connectivity index (χ1n) is 9.06. The number of aryl methyl sites for hydroxylation is 1. The Morgan fingerprint density at radius 3 is 2.77 bits per heavy atom. The largest absolute Gasteiger partial charge is 0.337 e. The molecule has 3 N–H and O–H groups in total. The summed E-state index contributed by atoms with van der Waals surface area (Å²) in [6.07, 6.45) is 1.72. The van der Waals surface area contributed by atoms with Gasteiger partial charge < -0.3 is 10.6 Å². The highest BCUT2D eigenvalue weighted by atomic mass is 16.2. The predicted molar refractivity (Wildman–Crippen MR) is 99.5 cm³/mol. The Kier molecular flexibility index (Phi) is 4.95. The normalized spacial score (nSPS) is 17.9. The summed E-state index contributed by atoms with van der Waals surface area (Å²) in [5, 5.41) is 0.167. The lowest BCUT2D eigenvalue weighted by molar-refractivity contribution is 0.0710. The van der Waals surface area contributed by atoms with Crippen LogP contribution in [-0.2, 0) is 6.54 Å². The van der Waals surface area contributed by atoms with Crippen LogP contribution in [0.3, 0.4) is 0 Å². The molecule has 1 fully saturated rings. The van der Waals surface area contributed by atoms with E-state index in [0.29, 0.717) is 25.3 Å². The molecular formula is C18H25N5O3. The molecule has 0 spiro atoms. The number of piperidine rings is 1. The summed E-state index contributed by atoms with van der Waals surface area (Å²) in [6, 6.07) is 1.62. The van der Waals surface area contributed by atoms with E-state index in [1.165, 1.54) is 4.57 Å². The van der Waals surface area contributed by atoms with Crippen molar-refractivity contribution < 1.29 is 4.79 Å². The van der Waals surface area contributed by atoms with Crippen molar-refractivity contribution in [2.75, 3.05) is 13.1 Å². The molecule has 1 unspecified atom stereocenters. The van der Waals surface area contributed by atoms with Crippen molar-refractivity contribution in [3.05, 3.63) is 38.2 Å². The highest BCUT2D eigenvalue weighted by Gasteiger charge is 2.26. The molecule has 1 amide bonds. The second kappa shape index (κ2) is 7.03. The molecule has 0 aromatic carbocycles. The fraction of sp³-hybridized carbons (Fsp3) is 0.556. The van der Waals surface area contributed by atoms with Crippen molar-refractivity contribution in [1.29, 1.82) is 0 Å². The molecule has 8 nitrogen and oxygen atoms in total. The van der Waals surface area contributed by atoms with Crippen LogP contribution in [-0.4, -0.2) is 44.5 Å². The molecule has 3 rings (SSSR count). The van der Waals surface area contributed by atoms with Crippen LogP contribution in [0.5, 0.6) is 0 Å². The number of aromatic nitrogens is 3. The monoisotopic (exact) mass is 359 g/mol. The van der Waals surface area contributed by atoms with Gasteiger partial charge in [0, 0.05) is 31.4 Å². The fourth-order valence-corrected chi connectivity index (χ4v) is 3.42. The minimum Gasteiger partial charge on any atom is -0.337 e. The summed E-state index contributed by atoms with van der Waals surface area (Å²) in [5.74, 6) is -0.185. The van der Waals surface area contributed by atoms with Crippen LogP contribution in [0.15, 0.2) is 15.7 Å². The van der Waals surface area contributed by atoms with Crippen LogP contribution in [0.25, 0.3) is 11.0 Å². The van der Waals surface area contributed by atoms with Crippen molar-refractivity contribution in [2.24, 2.45) is 5.73 Å². The van der Waals surface area contributed by atoms with Crippen molar-refractivity contribution in [3.63, 3.8) is 0 Å². The van der Waals surface area contributed by atoms with E-state index < -0.39 is 11.2 Å². The van der Waals surface area contributed by atoms with Crippen molar-refractivity contribution >= 4 is 16.9 Å². The molecule has 26 heavy (non-hydrogen) atoms. The van der Waals surface area contributed by atoms with Gasteiger partial charge in [0.05, 0.1) is 10.9 Å². The lowest BCUT2D eigenvalue weighted by Gasteiger charge is -2.31. The van der Waals surface area contributed by atoms with Gasteiger partial charge in [-0.25, -0.2) is 9.78 Å². The number of likely N-dealkylation sites (tertiary alicyclic amines) is 1. The van der Waals surface area contributed by atoms with Gasteiger partial charge in [-0.1, -0.05) is 13.8 Å². The maximum absolute atomic E-state index is 13.2. The van der Waals surface area contributed by atoms with Crippen LogP contribution in [0.4, 0.5) is 0 Å². The molecule has 2 aromatic heterocycles. The molecule has 8 heteroatoms. The SMILES string of the molecule is CCn1c(=O)[nH]c(=O)c2c(C(=O)N3CCCC(N)C3)cc(C(C)C)nc21. The second-order valence-electron chi connectivity index (χ2n) is 7.11. The van der Waals surface area contributed by atoms with Gasteiger partial charge in [-0.15, -0.1) is 0 Å². The Labute approximate surface area is 151 Å². The van der Waals surface area contributed by atoms with E-state index in [0.717, 1.165) is 12.8 Å². The lowest BCUT2D eigenvalue weighted by atomic mass is 10.0. The predicted octanol–water partition coefficient (Wildman–Crippen LogP) is 0.791. The maximum atomic E-state index is 13.2. The zero-order valence-corrected chi connectivity index (χ0v) is 15.4. The average molecular weight is 359 g/mol.